The standard InChI is InChI=1S/C21H26/c1-3-4-17-7-9-18(10-8-17)11-12-19-6-5-16(2)21(15-19)20-13-14-20/h5-10,15,20H,3-4,11-14H2,1-2H3. The number of hydrogen-bond donors (Lipinski definition) is 0. The first kappa shape index (κ1) is 14.4. The van der Waals surface area contributed by atoms with Crippen molar-refractivity contribution in [1.82, 2.24) is 0 Å². The van der Waals surface area contributed by atoms with Crippen molar-refractivity contribution in [3.05, 3.63) is 70.3 Å². The third-order valence-corrected chi connectivity index (χ3v) is 4.62. The molecule has 110 valence electrons. The van der Waals surface area contributed by atoms with Crippen LogP contribution in [0.1, 0.15) is 59.9 Å². The van der Waals surface area contributed by atoms with E-state index in [0.717, 1.165) is 18.8 Å². The molecule has 3 rings (SSSR count). The summed E-state index contributed by atoms with van der Waals surface area (Å²) < 4.78 is 0. The number of benzene rings is 2. The smallest absolute Gasteiger partial charge is 0.0159 e. The lowest BCUT2D eigenvalue weighted by Crippen LogP contribution is -1.95. The van der Waals surface area contributed by atoms with Crippen LogP contribution in [0.15, 0.2) is 42.5 Å². The third-order valence-electron chi connectivity index (χ3n) is 4.62. The maximum absolute atomic E-state index is 2.46. The van der Waals surface area contributed by atoms with Gasteiger partial charge in [-0.1, -0.05) is 55.8 Å². The van der Waals surface area contributed by atoms with Crippen LogP contribution in [-0.2, 0) is 19.3 Å². The van der Waals surface area contributed by atoms with Gasteiger partial charge in [0.05, 0.1) is 0 Å². The average molecular weight is 278 g/mol. The van der Waals surface area contributed by atoms with Gasteiger partial charge in [-0.15, -0.1) is 0 Å². The fourth-order valence-corrected chi connectivity index (χ4v) is 3.13. The van der Waals surface area contributed by atoms with Crippen LogP contribution in [0.25, 0.3) is 0 Å². The second-order valence-corrected chi connectivity index (χ2v) is 6.53. The van der Waals surface area contributed by atoms with E-state index < -0.39 is 0 Å². The summed E-state index contributed by atoms with van der Waals surface area (Å²) in [6.07, 6.45) is 7.52. The molecule has 0 heteroatoms. The van der Waals surface area contributed by atoms with Crippen LogP contribution < -0.4 is 0 Å². The molecule has 0 nitrogen and oxygen atoms in total. The van der Waals surface area contributed by atoms with E-state index in [0.29, 0.717) is 0 Å². The molecule has 0 aromatic heterocycles. The molecule has 0 atom stereocenters. The zero-order chi connectivity index (χ0) is 14.7. The molecule has 1 aliphatic rings. The summed E-state index contributed by atoms with van der Waals surface area (Å²) in [5.41, 5.74) is 7.51. The molecular formula is C21H26. The van der Waals surface area contributed by atoms with Gasteiger partial charge in [-0.05, 0) is 72.8 Å². The minimum Gasteiger partial charge on any atom is -0.0651 e. The lowest BCUT2D eigenvalue weighted by Gasteiger charge is -2.09. The van der Waals surface area contributed by atoms with E-state index in [1.54, 1.807) is 5.56 Å². The summed E-state index contributed by atoms with van der Waals surface area (Å²) in [5.74, 6) is 0.860. The molecule has 1 fully saturated rings. The van der Waals surface area contributed by atoms with Gasteiger partial charge in [0, 0.05) is 0 Å². The van der Waals surface area contributed by atoms with Crippen molar-refractivity contribution in [3.63, 3.8) is 0 Å². The van der Waals surface area contributed by atoms with Gasteiger partial charge in [-0.2, -0.15) is 0 Å². The molecule has 2 aromatic carbocycles. The summed E-state index contributed by atoms with van der Waals surface area (Å²) >= 11 is 0. The Hall–Kier alpha value is -1.56. The molecule has 0 saturated heterocycles. The molecule has 0 heterocycles. The van der Waals surface area contributed by atoms with Crippen LogP contribution in [0.5, 0.6) is 0 Å². The van der Waals surface area contributed by atoms with E-state index in [9.17, 15) is 0 Å². The van der Waals surface area contributed by atoms with Gasteiger partial charge in [0.25, 0.3) is 0 Å². The third kappa shape index (κ3) is 3.75. The molecule has 2 aromatic rings. The Morgan fingerprint density at radius 2 is 1.38 bits per heavy atom. The Balaban J connectivity index is 1.63. The molecule has 0 unspecified atom stereocenters. The van der Waals surface area contributed by atoms with E-state index in [-0.39, 0.29) is 0 Å². The molecule has 1 saturated carbocycles. The molecule has 1 aliphatic carbocycles. The monoisotopic (exact) mass is 278 g/mol. The predicted octanol–water partition coefficient (Wildman–Crippen LogP) is 5.61. The summed E-state index contributed by atoms with van der Waals surface area (Å²) in [6, 6.07) is 16.3. The number of rotatable bonds is 6. The Labute approximate surface area is 129 Å². The summed E-state index contributed by atoms with van der Waals surface area (Å²) in [4.78, 5) is 0. The summed E-state index contributed by atoms with van der Waals surface area (Å²) in [6.45, 7) is 4.49. The molecule has 0 bridgehead atoms. The number of hydrogen-bond acceptors (Lipinski definition) is 0. The maximum atomic E-state index is 2.46. The zero-order valence-corrected chi connectivity index (χ0v) is 13.4. The highest BCUT2D eigenvalue weighted by Gasteiger charge is 2.24. The van der Waals surface area contributed by atoms with Gasteiger partial charge in [0.2, 0.25) is 0 Å². The van der Waals surface area contributed by atoms with E-state index in [2.05, 4.69) is 56.3 Å². The minimum atomic E-state index is 0.860. The number of aryl methyl sites for hydroxylation is 4. The first-order chi connectivity index (χ1) is 10.3. The SMILES string of the molecule is CCCc1ccc(CCc2ccc(C)c(C3CC3)c2)cc1. The maximum Gasteiger partial charge on any atom is -0.0159 e. The van der Waals surface area contributed by atoms with Gasteiger partial charge in [0.1, 0.15) is 0 Å². The summed E-state index contributed by atoms with van der Waals surface area (Å²) in [7, 11) is 0. The van der Waals surface area contributed by atoms with Gasteiger partial charge in [-0.3, -0.25) is 0 Å². The van der Waals surface area contributed by atoms with Gasteiger partial charge in [-0.25, -0.2) is 0 Å². The van der Waals surface area contributed by atoms with Crippen molar-refractivity contribution >= 4 is 0 Å². The normalized spacial score (nSPS) is 14.4. The van der Waals surface area contributed by atoms with Crippen LogP contribution in [0, 0.1) is 6.92 Å². The van der Waals surface area contributed by atoms with Crippen LogP contribution in [-0.4, -0.2) is 0 Å². The van der Waals surface area contributed by atoms with Crippen molar-refractivity contribution in [2.24, 2.45) is 0 Å². The van der Waals surface area contributed by atoms with Gasteiger partial charge in [0.15, 0.2) is 0 Å². The van der Waals surface area contributed by atoms with Crippen LogP contribution in [0.3, 0.4) is 0 Å². The summed E-state index contributed by atoms with van der Waals surface area (Å²) in [5, 5.41) is 0. The van der Waals surface area contributed by atoms with E-state index >= 15 is 0 Å². The largest absolute Gasteiger partial charge is 0.0651 e. The predicted molar refractivity (Wildman–Crippen MR) is 91.0 cm³/mol. The van der Waals surface area contributed by atoms with Gasteiger partial charge < -0.3 is 0 Å². The highest BCUT2D eigenvalue weighted by molar-refractivity contribution is 5.36. The van der Waals surface area contributed by atoms with Crippen LogP contribution in [0.2, 0.25) is 0 Å². The van der Waals surface area contributed by atoms with E-state index in [1.807, 2.05) is 0 Å². The topological polar surface area (TPSA) is 0 Å². The Kier molecular flexibility index (Phi) is 4.43. The molecule has 0 aliphatic heterocycles. The molecular weight excluding hydrogens is 252 g/mol. The fourth-order valence-electron chi connectivity index (χ4n) is 3.13. The first-order valence-electron chi connectivity index (χ1n) is 8.43. The molecule has 0 radical (unpaired) electrons. The molecule has 0 spiro atoms. The lowest BCUT2D eigenvalue weighted by molar-refractivity contribution is 0.913. The second-order valence-electron chi connectivity index (χ2n) is 6.53. The molecule has 0 amide bonds. The highest BCUT2D eigenvalue weighted by Crippen LogP contribution is 2.41. The highest BCUT2D eigenvalue weighted by atomic mass is 14.3. The van der Waals surface area contributed by atoms with Crippen molar-refractivity contribution < 1.29 is 0 Å². The van der Waals surface area contributed by atoms with Crippen LogP contribution >= 0.6 is 0 Å². The Morgan fingerprint density at radius 3 is 2.00 bits per heavy atom. The Morgan fingerprint density at radius 1 is 0.810 bits per heavy atom. The van der Waals surface area contributed by atoms with Crippen molar-refractivity contribution in [3.8, 4) is 0 Å². The van der Waals surface area contributed by atoms with E-state index in [4.69, 9.17) is 0 Å². The van der Waals surface area contributed by atoms with Crippen LogP contribution in [0.4, 0.5) is 0 Å². The first-order valence-corrected chi connectivity index (χ1v) is 8.43. The minimum absolute atomic E-state index is 0.860. The zero-order valence-electron chi connectivity index (χ0n) is 13.4. The second kappa shape index (κ2) is 6.47. The Bertz CT molecular complexity index is 588. The fraction of sp³-hybridized carbons (Fsp3) is 0.429. The molecule has 21 heavy (non-hydrogen) atoms. The van der Waals surface area contributed by atoms with Crippen molar-refractivity contribution in [1.29, 1.82) is 0 Å². The van der Waals surface area contributed by atoms with Gasteiger partial charge >= 0.3 is 0 Å². The van der Waals surface area contributed by atoms with Crippen molar-refractivity contribution in [2.75, 3.05) is 0 Å². The average Bonchev–Trinajstić information content (AvgIpc) is 3.33. The quantitative estimate of drug-likeness (QED) is 0.644. The van der Waals surface area contributed by atoms with Crippen molar-refractivity contribution in [2.45, 2.75) is 58.3 Å². The van der Waals surface area contributed by atoms with E-state index in [1.165, 1.54) is 47.9 Å². The lowest BCUT2D eigenvalue weighted by atomic mass is 9.97. The molecule has 0 N–H and O–H groups in total.